The Morgan fingerprint density at radius 1 is 0.939 bits per heavy atom. The molecule has 1 aliphatic heterocycles. The number of hydrogen-bond donors (Lipinski definition) is 4. The summed E-state index contributed by atoms with van der Waals surface area (Å²) < 4.78 is 5.20. The van der Waals surface area contributed by atoms with E-state index < -0.39 is 64.6 Å². The normalized spacial score (nSPS) is 16.7. The first-order valence-electron chi connectivity index (χ1n) is 17.7. The van der Waals surface area contributed by atoms with Crippen LogP contribution in [0.4, 0.5) is 4.79 Å². The molecule has 282 valence electrons. The van der Waals surface area contributed by atoms with Gasteiger partial charge in [0.05, 0.1) is 6.04 Å². The number of nitrogens with zero attached hydrogens (tertiary/aromatic N) is 1. The van der Waals surface area contributed by atoms with Gasteiger partial charge in [0.25, 0.3) is 5.91 Å². The van der Waals surface area contributed by atoms with Gasteiger partial charge in [0.2, 0.25) is 17.6 Å². The minimum absolute atomic E-state index is 0.143. The van der Waals surface area contributed by atoms with Crippen molar-refractivity contribution in [2.24, 2.45) is 17.3 Å². The van der Waals surface area contributed by atoms with Crippen molar-refractivity contribution in [3.8, 4) is 12.3 Å². The van der Waals surface area contributed by atoms with Crippen molar-refractivity contribution >= 4 is 35.5 Å². The molecule has 0 saturated carbocycles. The number of ether oxygens (including phenoxy) is 1. The van der Waals surface area contributed by atoms with Crippen LogP contribution in [-0.4, -0.2) is 83.8 Å². The monoisotopic (exact) mass is 694 g/mol. The summed E-state index contributed by atoms with van der Waals surface area (Å²) in [5.74, 6) is -0.251. The maximum atomic E-state index is 13.8. The van der Waals surface area contributed by atoms with E-state index in [9.17, 15) is 28.8 Å². The van der Waals surface area contributed by atoms with Crippen LogP contribution in [0.5, 0.6) is 0 Å². The summed E-state index contributed by atoms with van der Waals surface area (Å²) in [6.07, 6.45) is 8.87. The molecule has 1 rings (SSSR count). The molecule has 1 heterocycles. The van der Waals surface area contributed by atoms with Gasteiger partial charge in [-0.3, -0.25) is 24.0 Å². The summed E-state index contributed by atoms with van der Waals surface area (Å²) in [6, 6.07) is -3.72. The number of carbonyl (C=O) groups excluding carboxylic acids is 6. The predicted octanol–water partition coefficient (Wildman–Crippen LogP) is 4.74. The smallest absolute Gasteiger partial charge is 0.325 e. The van der Waals surface area contributed by atoms with Crippen LogP contribution in [-0.2, 0) is 28.7 Å². The van der Waals surface area contributed by atoms with Crippen LogP contribution in [0.3, 0.4) is 0 Å². The van der Waals surface area contributed by atoms with Crippen LogP contribution in [0, 0.1) is 29.6 Å². The molecule has 0 aliphatic carbocycles. The summed E-state index contributed by atoms with van der Waals surface area (Å²) in [5.41, 5.74) is -1.46. The Morgan fingerprint density at radius 2 is 1.49 bits per heavy atom. The van der Waals surface area contributed by atoms with Gasteiger partial charge in [-0.25, -0.2) is 4.79 Å². The molecule has 0 spiro atoms. The minimum Gasteiger partial charge on any atom is -0.459 e. The number of terminal acetylenes is 1. The van der Waals surface area contributed by atoms with Gasteiger partial charge in [0.15, 0.2) is 0 Å². The summed E-state index contributed by atoms with van der Waals surface area (Å²) in [7, 11) is 0. The Hall–Kier alpha value is -3.62. The summed E-state index contributed by atoms with van der Waals surface area (Å²) in [4.78, 5) is 78.8. The van der Waals surface area contributed by atoms with Crippen LogP contribution in [0.2, 0.25) is 0 Å². The lowest BCUT2D eigenvalue weighted by atomic mass is 9.85. The number of Topliss-reactive ketones (excluding diaryl/α,β-unsaturated/α-hetero) is 1. The lowest BCUT2D eigenvalue weighted by Gasteiger charge is -2.36. The molecule has 0 bridgehead atoms. The maximum Gasteiger partial charge on any atom is 0.325 e. The molecule has 0 radical (unpaired) electrons. The van der Waals surface area contributed by atoms with Crippen LogP contribution >= 0.6 is 0 Å². The van der Waals surface area contributed by atoms with Gasteiger partial charge in [-0.1, -0.05) is 88.5 Å². The standard InChI is InChI=1S/C30H49N5O7.C4H10.C3H8/c1-10-12-14-20(23(37)26(39)31-16-13-11-2)33-25(38)22-19(3)15-17-35(22)27(40)24(29(4,5)6)34-28(41)32-18-21(36)42-30(7,8)9;1-4(2)3;1-3-2/h2,19-20,22,24H,10,12-18H2,1,3-9H3,(H,31,39)(H,33,38)(H2,32,34,41);4H,1-3H3;3H2,1-2H3/t19?,20?,22-,24?;;/m0../s1. The molecule has 12 nitrogen and oxygen atoms in total. The summed E-state index contributed by atoms with van der Waals surface area (Å²) >= 11 is 0. The van der Waals surface area contributed by atoms with Crippen LogP contribution < -0.4 is 21.3 Å². The van der Waals surface area contributed by atoms with Crippen molar-refractivity contribution in [2.45, 2.75) is 152 Å². The molecule has 4 atom stereocenters. The van der Waals surface area contributed by atoms with Gasteiger partial charge in [0, 0.05) is 19.5 Å². The quantitative estimate of drug-likeness (QED) is 0.0937. The molecule has 12 heteroatoms. The Morgan fingerprint density at radius 3 is 1.96 bits per heavy atom. The van der Waals surface area contributed by atoms with Crippen molar-refractivity contribution < 1.29 is 33.5 Å². The van der Waals surface area contributed by atoms with Crippen molar-refractivity contribution in [3.63, 3.8) is 0 Å². The second kappa shape index (κ2) is 23.7. The maximum absolute atomic E-state index is 13.8. The van der Waals surface area contributed by atoms with Gasteiger partial charge >= 0.3 is 12.0 Å². The van der Waals surface area contributed by atoms with Gasteiger partial charge in [-0.05, 0) is 50.9 Å². The van der Waals surface area contributed by atoms with Crippen molar-refractivity contribution in [3.05, 3.63) is 0 Å². The number of urea groups is 1. The zero-order chi connectivity index (χ0) is 38.5. The van der Waals surface area contributed by atoms with Gasteiger partial charge in [-0.2, -0.15) is 0 Å². The van der Waals surface area contributed by atoms with E-state index in [0.717, 1.165) is 12.3 Å². The van der Waals surface area contributed by atoms with E-state index in [-0.39, 0.29) is 38.4 Å². The molecule has 1 saturated heterocycles. The largest absolute Gasteiger partial charge is 0.459 e. The third-order valence-electron chi connectivity index (χ3n) is 6.71. The Kier molecular flexibility index (Phi) is 23.0. The third-order valence-corrected chi connectivity index (χ3v) is 6.71. The van der Waals surface area contributed by atoms with Crippen LogP contribution in [0.15, 0.2) is 0 Å². The predicted molar refractivity (Wildman–Crippen MR) is 194 cm³/mol. The van der Waals surface area contributed by atoms with Crippen molar-refractivity contribution in [1.29, 1.82) is 0 Å². The molecule has 1 fully saturated rings. The van der Waals surface area contributed by atoms with E-state index in [4.69, 9.17) is 11.2 Å². The number of amides is 5. The number of likely N-dealkylation sites (tertiary alicyclic amines) is 1. The van der Waals surface area contributed by atoms with E-state index in [0.29, 0.717) is 12.8 Å². The van der Waals surface area contributed by atoms with Gasteiger partial charge in [-0.15, -0.1) is 12.3 Å². The minimum atomic E-state index is -1.05. The van der Waals surface area contributed by atoms with E-state index >= 15 is 0 Å². The van der Waals surface area contributed by atoms with E-state index in [1.807, 2.05) is 13.8 Å². The first kappa shape index (κ1) is 47.5. The molecular formula is C37H67N5O7. The average molecular weight is 694 g/mol. The number of unbranched alkanes of at least 4 members (excludes halogenated alkanes) is 1. The van der Waals surface area contributed by atoms with Crippen LogP contribution in [0.25, 0.3) is 0 Å². The highest BCUT2D eigenvalue weighted by atomic mass is 16.6. The van der Waals surface area contributed by atoms with E-state index in [1.54, 1.807) is 41.5 Å². The number of carbonyl (C=O) groups is 6. The van der Waals surface area contributed by atoms with E-state index in [1.165, 1.54) is 11.3 Å². The topological polar surface area (TPSA) is 163 Å². The number of nitrogens with one attached hydrogen (secondary N) is 4. The highest BCUT2D eigenvalue weighted by molar-refractivity contribution is 6.38. The first-order valence-corrected chi connectivity index (χ1v) is 17.7. The SMILES string of the molecule is C#CCCNC(=O)C(=O)C(CCCC)NC(=O)[C@@H]1C(C)CCN1C(=O)C(NC(=O)NCC(=O)OC(C)(C)C)C(C)(C)C.CC(C)C.CCC. The Labute approximate surface area is 296 Å². The first-order chi connectivity index (χ1) is 22.6. The number of hydrogen-bond acceptors (Lipinski definition) is 7. The van der Waals surface area contributed by atoms with Crippen molar-refractivity contribution in [2.75, 3.05) is 19.6 Å². The fraction of sp³-hybridized carbons (Fsp3) is 0.784. The Bertz CT molecular complexity index is 1100. The van der Waals surface area contributed by atoms with E-state index in [2.05, 4.69) is 61.8 Å². The number of esters is 1. The summed E-state index contributed by atoms with van der Waals surface area (Å²) in [5, 5.41) is 10.3. The molecule has 0 aromatic carbocycles. The fourth-order valence-corrected chi connectivity index (χ4v) is 4.55. The lowest BCUT2D eigenvalue weighted by molar-refractivity contribution is -0.153. The van der Waals surface area contributed by atoms with Gasteiger partial charge < -0.3 is 30.9 Å². The molecule has 49 heavy (non-hydrogen) atoms. The second-order valence-corrected chi connectivity index (χ2v) is 15.2. The molecule has 0 aromatic heterocycles. The zero-order valence-electron chi connectivity index (χ0n) is 32.6. The number of rotatable bonds is 13. The third kappa shape index (κ3) is 20.5. The fourth-order valence-electron chi connectivity index (χ4n) is 4.55. The summed E-state index contributed by atoms with van der Waals surface area (Å²) in [6.45, 7) is 25.0. The molecule has 0 aromatic rings. The molecule has 5 amide bonds. The molecule has 3 unspecified atom stereocenters. The molecular weight excluding hydrogens is 626 g/mol. The Balaban J connectivity index is 0. The second-order valence-electron chi connectivity index (χ2n) is 15.2. The average Bonchev–Trinajstić information content (AvgIpc) is 3.36. The highest BCUT2D eigenvalue weighted by Gasteiger charge is 2.45. The van der Waals surface area contributed by atoms with Crippen molar-refractivity contribution in [1.82, 2.24) is 26.2 Å². The molecule has 4 N–H and O–H groups in total. The zero-order valence-corrected chi connectivity index (χ0v) is 32.6. The highest BCUT2D eigenvalue weighted by Crippen LogP contribution is 2.29. The van der Waals surface area contributed by atoms with Crippen LogP contribution in [0.1, 0.15) is 129 Å². The van der Waals surface area contributed by atoms with Gasteiger partial charge in [0.1, 0.15) is 24.2 Å². The number of ketones is 1. The lowest BCUT2D eigenvalue weighted by Crippen LogP contribution is -2.60. The molecule has 1 aliphatic rings.